The van der Waals surface area contributed by atoms with E-state index in [1.807, 2.05) is 6.92 Å². The lowest BCUT2D eigenvalue weighted by Gasteiger charge is -2.15. The smallest absolute Gasteiger partial charge is 0.321 e. The SMILES string of the molecule is CCCCC(NS(=O)(=O)c1cc(Br)ccc1C)C(=O)O. The van der Waals surface area contributed by atoms with E-state index in [4.69, 9.17) is 5.11 Å². The molecule has 0 saturated carbocycles. The van der Waals surface area contributed by atoms with Crippen LogP contribution >= 0.6 is 15.9 Å². The molecule has 7 heteroatoms. The van der Waals surface area contributed by atoms with E-state index in [1.54, 1.807) is 19.1 Å². The number of sulfonamides is 1. The van der Waals surface area contributed by atoms with Crippen molar-refractivity contribution >= 4 is 31.9 Å². The van der Waals surface area contributed by atoms with Crippen LogP contribution in [0, 0.1) is 6.92 Å². The van der Waals surface area contributed by atoms with Crippen molar-refractivity contribution in [3.63, 3.8) is 0 Å². The van der Waals surface area contributed by atoms with Gasteiger partial charge in [-0.15, -0.1) is 0 Å². The number of carboxylic acids is 1. The fourth-order valence-electron chi connectivity index (χ4n) is 1.76. The van der Waals surface area contributed by atoms with Gasteiger partial charge in [-0.1, -0.05) is 41.8 Å². The number of carboxylic acid groups (broad SMARTS) is 1. The zero-order valence-electron chi connectivity index (χ0n) is 11.4. The van der Waals surface area contributed by atoms with E-state index in [2.05, 4.69) is 20.7 Å². The monoisotopic (exact) mass is 363 g/mol. The summed E-state index contributed by atoms with van der Waals surface area (Å²) >= 11 is 3.22. The highest BCUT2D eigenvalue weighted by atomic mass is 79.9. The highest BCUT2D eigenvalue weighted by Crippen LogP contribution is 2.21. The molecule has 0 spiro atoms. The number of carbonyl (C=O) groups is 1. The Morgan fingerprint density at radius 2 is 2.10 bits per heavy atom. The summed E-state index contributed by atoms with van der Waals surface area (Å²) in [5.41, 5.74) is 0.570. The van der Waals surface area contributed by atoms with Gasteiger partial charge in [0.15, 0.2) is 0 Å². The Kier molecular flexibility index (Phi) is 6.16. The molecule has 0 bridgehead atoms. The molecule has 2 N–H and O–H groups in total. The normalized spacial score (nSPS) is 13.2. The molecule has 1 atom stereocenters. The second kappa shape index (κ2) is 7.19. The van der Waals surface area contributed by atoms with Crippen LogP contribution in [0.2, 0.25) is 0 Å². The van der Waals surface area contributed by atoms with Crippen molar-refractivity contribution in [2.75, 3.05) is 0 Å². The lowest BCUT2D eigenvalue weighted by Crippen LogP contribution is -2.40. The van der Waals surface area contributed by atoms with Crippen LogP contribution in [0.5, 0.6) is 0 Å². The van der Waals surface area contributed by atoms with Crippen molar-refractivity contribution in [2.24, 2.45) is 0 Å². The Hall–Kier alpha value is -0.920. The Morgan fingerprint density at radius 3 is 2.65 bits per heavy atom. The van der Waals surface area contributed by atoms with Gasteiger partial charge in [-0.2, -0.15) is 4.72 Å². The summed E-state index contributed by atoms with van der Waals surface area (Å²) in [4.78, 5) is 11.2. The molecule has 0 fully saturated rings. The lowest BCUT2D eigenvalue weighted by molar-refractivity contribution is -0.139. The van der Waals surface area contributed by atoms with Gasteiger partial charge < -0.3 is 5.11 Å². The molecule has 1 rings (SSSR count). The quantitative estimate of drug-likeness (QED) is 0.779. The maximum atomic E-state index is 12.3. The van der Waals surface area contributed by atoms with Crippen molar-refractivity contribution in [2.45, 2.75) is 44.0 Å². The molecule has 1 unspecified atom stereocenters. The highest BCUT2D eigenvalue weighted by Gasteiger charge is 2.26. The molecule has 0 amide bonds. The van der Waals surface area contributed by atoms with E-state index >= 15 is 0 Å². The molecular weight excluding hydrogens is 346 g/mol. The minimum atomic E-state index is -3.85. The molecule has 20 heavy (non-hydrogen) atoms. The zero-order chi connectivity index (χ0) is 15.3. The van der Waals surface area contributed by atoms with Gasteiger partial charge in [-0.05, 0) is 31.0 Å². The zero-order valence-corrected chi connectivity index (χ0v) is 13.8. The van der Waals surface area contributed by atoms with Gasteiger partial charge in [0.1, 0.15) is 6.04 Å². The van der Waals surface area contributed by atoms with Gasteiger partial charge in [0, 0.05) is 4.47 Å². The average Bonchev–Trinajstić information content (AvgIpc) is 2.36. The first kappa shape index (κ1) is 17.1. The number of nitrogens with one attached hydrogen (secondary N) is 1. The van der Waals surface area contributed by atoms with Gasteiger partial charge in [0.25, 0.3) is 0 Å². The molecule has 0 aromatic heterocycles. The molecule has 0 heterocycles. The molecule has 112 valence electrons. The Morgan fingerprint density at radius 1 is 1.45 bits per heavy atom. The maximum absolute atomic E-state index is 12.3. The Balaban J connectivity index is 3.03. The molecule has 5 nitrogen and oxygen atoms in total. The number of hydrogen-bond acceptors (Lipinski definition) is 3. The van der Waals surface area contributed by atoms with Crippen LogP contribution in [0.15, 0.2) is 27.6 Å². The summed E-state index contributed by atoms with van der Waals surface area (Å²) in [6.45, 7) is 3.59. The Labute approximate surface area is 127 Å². The predicted molar refractivity (Wildman–Crippen MR) is 80.1 cm³/mol. The molecule has 0 saturated heterocycles. The number of unbranched alkanes of at least 4 members (excludes halogenated alkanes) is 1. The standard InChI is InChI=1S/C13H18BrNO4S/c1-3-4-5-11(13(16)17)15-20(18,19)12-8-10(14)7-6-9(12)2/h6-8,11,15H,3-5H2,1-2H3,(H,16,17). The van der Waals surface area contributed by atoms with Gasteiger partial charge in [0.2, 0.25) is 10.0 Å². The fourth-order valence-corrected chi connectivity index (χ4v) is 3.76. The van der Waals surface area contributed by atoms with Crippen LogP contribution in [0.3, 0.4) is 0 Å². The number of aliphatic carboxylic acids is 1. The highest BCUT2D eigenvalue weighted by molar-refractivity contribution is 9.10. The van der Waals surface area contributed by atoms with Crippen molar-refractivity contribution < 1.29 is 18.3 Å². The molecule has 0 aliphatic rings. The van der Waals surface area contributed by atoms with Gasteiger partial charge >= 0.3 is 5.97 Å². The predicted octanol–water partition coefficient (Wildman–Crippen LogP) is 2.68. The number of benzene rings is 1. The van der Waals surface area contributed by atoms with Crippen molar-refractivity contribution in [3.05, 3.63) is 28.2 Å². The van der Waals surface area contributed by atoms with Crippen molar-refractivity contribution in [1.29, 1.82) is 0 Å². The molecule has 0 aliphatic heterocycles. The van der Waals surface area contributed by atoms with Crippen LogP contribution in [0.4, 0.5) is 0 Å². The van der Waals surface area contributed by atoms with Crippen molar-refractivity contribution in [3.8, 4) is 0 Å². The summed E-state index contributed by atoms with van der Waals surface area (Å²) in [6.07, 6.45) is 1.73. The first-order chi connectivity index (χ1) is 9.27. The topological polar surface area (TPSA) is 83.5 Å². The molecule has 1 aromatic carbocycles. The minimum absolute atomic E-state index is 0.0922. The number of rotatable bonds is 7. The average molecular weight is 364 g/mol. The lowest BCUT2D eigenvalue weighted by atomic mass is 10.1. The summed E-state index contributed by atoms with van der Waals surface area (Å²) in [7, 11) is -3.85. The first-order valence-electron chi connectivity index (χ1n) is 6.29. The molecular formula is C13H18BrNO4S. The number of hydrogen-bond donors (Lipinski definition) is 2. The van der Waals surface area contributed by atoms with Crippen LogP contribution < -0.4 is 4.72 Å². The van der Waals surface area contributed by atoms with Crippen LogP contribution in [-0.2, 0) is 14.8 Å². The second-order valence-electron chi connectivity index (χ2n) is 4.56. The van der Waals surface area contributed by atoms with E-state index in [0.29, 0.717) is 16.5 Å². The van der Waals surface area contributed by atoms with Gasteiger partial charge in [-0.3, -0.25) is 4.79 Å². The van der Waals surface area contributed by atoms with Crippen LogP contribution in [0.25, 0.3) is 0 Å². The van der Waals surface area contributed by atoms with Crippen molar-refractivity contribution in [1.82, 2.24) is 4.72 Å². The summed E-state index contributed by atoms with van der Waals surface area (Å²) in [6, 6.07) is 3.77. The summed E-state index contributed by atoms with van der Waals surface area (Å²) < 4.78 is 27.5. The third-order valence-corrected chi connectivity index (χ3v) is 4.99. The van der Waals surface area contributed by atoms with E-state index in [-0.39, 0.29) is 11.3 Å². The second-order valence-corrected chi connectivity index (χ2v) is 7.16. The third-order valence-electron chi connectivity index (χ3n) is 2.88. The molecule has 0 radical (unpaired) electrons. The largest absolute Gasteiger partial charge is 0.480 e. The van der Waals surface area contributed by atoms with Gasteiger partial charge in [-0.25, -0.2) is 8.42 Å². The molecule has 0 aliphatic carbocycles. The van der Waals surface area contributed by atoms with E-state index in [1.165, 1.54) is 6.07 Å². The van der Waals surface area contributed by atoms with E-state index in [0.717, 1.165) is 6.42 Å². The van der Waals surface area contributed by atoms with Crippen LogP contribution in [-0.4, -0.2) is 25.5 Å². The van der Waals surface area contributed by atoms with Crippen LogP contribution in [0.1, 0.15) is 31.7 Å². The van der Waals surface area contributed by atoms with E-state index in [9.17, 15) is 13.2 Å². The summed E-state index contributed by atoms with van der Waals surface area (Å²) in [5, 5.41) is 9.10. The Bertz CT molecular complexity index is 586. The molecule has 1 aromatic rings. The number of halogens is 1. The third kappa shape index (κ3) is 4.57. The van der Waals surface area contributed by atoms with Gasteiger partial charge in [0.05, 0.1) is 4.90 Å². The maximum Gasteiger partial charge on any atom is 0.321 e. The fraction of sp³-hybridized carbons (Fsp3) is 0.462. The number of aryl methyl sites for hydroxylation is 1. The summed E-state index contributed by atoms with van der Waals surface area (Å²) in [5.74, 6) is -1.16. The van der Waals surface area contributed by atoms with E-state index < -0.39 is 22.0 Å². The first-order valence-corrected chi connectivity index (χ1v) is 8.57. The minimum Gasteiger partial charge on any atom is -0.480 e.